The fraction of sp³-hybridized carbons (Fsp3) is 0.100. The molecule has 4 rings (SSSR count). The van der Waals surface area contributed by atoms with Gasteiger partial charge in [-0.05, 0) is 41.5 Å². The van der Waals surface area contributed by atoms with Gasteiger partial charge in [0.1, 0.15) is 5.41 Å². The molecular weight excluding hydrogens is 364 g/mol. The first kappa shape index (κ1) is 15.1. The minimum absolute atomic E-state index is 0.00699. The summed E-state index contributed by atoms with van der Waals surface area (Å²) in [5.74, 6) is -0.00699. The molecule has 1 amide bonds. The normalized spacial score (nSPS) is 19.0. The molecule has 0 aliphatic carbocycles. The molecule has 0 spiro atoms. The lowest BCUT2D eigenvalue weighted by molar-refractivity contribution is -0.119. The maximum Gasteiger partial charge on any atom is 0.239 e. The zero-order chi connectivity index (χ0) is 16.6. The monoisotopic (exact) mass is 378 g/mol. The van der Waals surface area contributed by atoms with Gasteiger partial charge in [0.05, 0.1) is 0 Å². The van der Waals surface area contributed by atoms with Gasteiger partial charge in [-0.3, -0.25) is 9.78 Å². The van der Waals surface area contributed by atoms with E-state index in [0.29, 0.717) is 6.42 Å². The number of carbonyl (C=O) groups is 1. The molecule has 1 N–H and O–H groups in total. The van der Waals surface area contributed by atoms with Crippen LogP contribution in [0.4, 0.5) is 5.69 Å². The van der Waals surface area contributed by atoms with Crippen LogP contribution >= 0.6 is 15.9 Å². The van der Waals surface area contributed by atoms with Gasteiger partial charge in [-0.2, -0.15) is 0 Å². The Morgan fingerprint density at radius 1 is 1.00 bits per heavy atom. The number of benzene rings is 2. The van der Waals surface area contributed by atoms with Crippen LogP contribution in [0.1, 0.15) is 16.8 Å². The van der Waals surface area contributed by atoms with E-state index in [0.717, 1.165) is 27.0 Å². The number of hydrogen-bond acceptors (Lipinski definition) is 2. The number of fused-ring (bicyclic) bond motifs is 1. The van der Waals surface area contributed by atoms with Crippen LogP contribution < -0.4 is 5.32 Å². The number of hydrogen-bond donors (Lipinski definition) is 1. The molecule has 118 valence electrons. The lowest BCUT2D eigenvalue weighted by atomic mass is 9.72. The fourth-order valence-corrected chi connectivity index (χ4v) is 3.75. The molecule has 24 heavy (non-hydrogen) atoms. The van der Waals surface area contributed by atoms with Gasteiger partial charge in [0.25, 0.3) is 0 Å². The Morgan fingerprint density at radius 3 is 2.54 bits per heavy atom. The van der Waals surface area contributed by atoms with E-state index in [9.17, 15) is 4.79 Å². The maximum atomic E-state index is 13.1. The summed E-state index contributed by atoms with van der Waals surface area (Å²) in [6.45, 7) is 0. The molecular formula is C20H15BrN2O. The third-order valence-electron chi connectivity index (χ3n) is 4.52. The van der Waals surface area contributed by atoms with Gasteiger partial charge in [0, 0.05) is 28.5 Å². The van der Waals surface area contributed by atoms with Crippen LogP contribution in [-0.2, 0) is 16.6 Å². The third-order valence-corrected chi connectivity index (χ3v) is 5.01. The molecule has 3 nitrogen and oxygen atoms in total. The maximum absolute atomic E-state index is 13.1. The second-order valence-corrected chi connectivity index (χ2v) is 6.83. The fourth-order valence-electron chi connectivity index (χ4n) is 3.39. The summed E-state index contributed by atoms with van der Waals surface area (Å²) in [6, 6.07) is 21.7. The van der Waals surface area contributed by atoms with Gasteiger partial charge in [-0.15, -0.1) is 0 Å². The van der Waals surface area contributed by atoms with Crippen LogP contribution in [0.5, 0.6) is 0 Å². The van der Waals surface area contributed by atoms with Gasteiger partial charge in [0.2, 0.25) is 5.91 Å². The average Bonchev–Trinajstić information content (AvgIpc) is 2.89. The zero-order valence-corrected chi connectivity index (χ0v) is 14.5. The highest BCUT2D eigenvalue weighted by Crippen LogP contribution is 2.45. The van der Waals surface area contributed by atoms with Gasteiger partial charge < -0.3 is 5.32 Å². The van der Waals surface area contributed by atoms with Crippen molar-refractivity contribution in [2.75, 3.05) is 5.32 Å². The Morgan fingerprint density at radius 2 is 1.79 bits per heavy atom. The molecule has 2 aromatic carbocycles. The molecule has 4 heteroatoms. The van der Waals surface area contributed by atoms with E-state index in [4.69, 9.17) is 0 Å². The summed E-state index contributed by atoms with van der Waals surface area (Å²) in [7, 11) is 0. The van der Waals surface area contributed by atoms with E-state index in [1.54, 1.807) is 6.20 Å². The molecule has 0 saturated carbocycles. The highest BCUT2D eigenvalue weighted by Gasteiger charge is 2.48. The SMILES string of the molecule is O=C1Nc2ccc(Br)cc2C1(Cc1ccccn1)c1ccccc1. The molecule has 2 heterocycles. The number of halogens is 1. The van der Waals surface area contributed by atoms with Crippen molar-refractivity contribution in [2.45, 2.75) is 11.8 Å². The minimum Gasteiger partial charge on any atom is -0.325 e. The van der Waals surface area contributed by atoms with Gasteiger partial charge >= 0.3 is 0 Å². The summed E-state index contributed by atoms with van der Waals surface area (Å²) in [5.41, 5.74) is 2.95. The topological polar surface area (TPSA) is 42.0 Å². The summed E-state index contributed by atoms with van der Waals surface area (Å²) in [5, 5.41) is 3.05. The van der Waals surface area contributed by atoms with Crippen molar-refractivity contribution in [1.82, 2.24) is 4.98 Å². The number of pyridine rings is 1. The molecule has 0 radical (unpaired) electrons. The van der Waals surface area contributed by atoms with E-state index < -0.39 is 5.41 Å². The number of nitrogens with one attached hydrogen (secondary N) is 1. The van der Waals surface area contributed by atoms with Crippen LogP contribution in [0.2, 0.25) is 0 Å². The predicted octanol–water partition coefficient (Wildman–Crippen LogP) is 4.33. The van der Waals surface area contributed by atoms with Crippen LogP contribution in [0, 0.1) is 0 Å². The van der Waals surface area contributed by atoms with Crippen molar-refractivity contribution in [3.8, 4) is 0 Å². The van der Waals surface area contributed by atoms with Crippen LogP contribution in [0.15, 0.2) is 77.4 Å². The van der Waals surface area contributed by atoms with Crippen molar-refractivity contribution in [3.05, 3.63) is 94.2 Å². The second-order valence-electron chi connectivity index (χ2n) is 5.91. The lowest BCUT2D eigenvalue weighted by Crippen LogP contribution is -2.38. The van der Waals surface area contributed by atoms with Gasteiger partial charge in [0.15, 0.2) is 0 Å². The lowest BCUT2D eigenvalue weighted by Gasteiger charge is -2.28. The highest BCUT2D eigenvalue weighted by molar-refractivity contribution is 9.10. The zero-order valence-electron chi connectivity index (χ0n) is 12.9. The van der Waals surface area contributed by atoms with Crippen molar-refractivity contribution in [3.63, 3.8) is 0 Å². The quantitative estimate of drug-likeness (QED) is 0.736. The largest absolute Gasteiger partial charge is 0.325 e. The summed E-state index contributed by atoms with van der Waals surface area (Å²) >= 11 is 3.54. The molecule has 1 aliphatic rings. The molecule has 1 atom stereocenters. The van der Waals surface area contributed by atoms with E-state index in [1.165, 1.54) is 0 Å². The standard InChI is InChI=1S/C20H15BrN2O/c21-15-9-10-18-17(12-15)20(19(24)23-18,14-6-2-1-3-7-14)13-16-8-4-5-11-22-16/h1-12H,13H2,(H,23,24). The van der Waals surface area contributed by atoms with E-state index in [1.807, 2.05) is 66.7 Å². The van der Waals surface area contributed by atoms with Crippen molar-refractivity contribution in [2.24, 2.45) is 0 Å². The number of amides is 1. The Hall–Kier alpha value is -2.46. The van der Waals surface area contributed by atoms with Crippen molar-refractivity contribution >= 4 is 27.5 Å². The first-order valence-electron chi connectivity index (χ1n) is 7.77. The number of nitrogens with zero attached hydrogens (tertiary/aromatic N) is 1. The summed E-state index contributed by atoms with van der Waals surface area (Å²) in [6.07, 6.45) is 2.29. The van der Waals surface area contributed by atoms with Crippen LogP contribution in [-0.4, -0.2) is 10.9 Å². The molecule has 0 saturated heterocycles. The molecule has 1 aromatic heterocycles. The van der Waals surface area contributed by atoms with Gasteiger partial charge in [-0.25, -0.2) is 0 Å². The first-order valence-corrected chi connectivity index (χ1v) is 8.56. The van der Waals surface area contributed by atoms with Crippen LogP contribution in [0.3, 0.4) is 0 Å². The van der Waals surface area contributed by atoms with Crippen LogP contribution in [0.25, 0.3) is 0 Å². The second kappa shape index (κ2) is 5.87. The van der Waals surface area contributed by atoms with E-state index in [2.05, 4.69) is 26.2 Å². The average molecular weight is 379 g/mol. The van der Waals surface area contributed by atoms with E-state index >= 15 is 0 Å². The minimum atomic E-state index is -0.769. The predicted molar refractivity (Wildman–Crippen MR) is 97.9 cm³/mol. The van der Waals surface area contributed by atoms with Crippen molar-refractivity contribution < 1.29 is 4.79 Å². The Kier molecular flexibility index (Phi) is 3.69. The number of aromatic nitrogens is 1. The Labute approximate surface area is 148 Å². The molecule has 0 bridgehead atoms. The first-order chi connectivity index (χ1) is 11.7. The summed E-state index contributed by atoms with van der Waals surface area (Å²) in [4.78, 5) is 17.6. The third kappa shape index (κ3) is 2.34. The smallest absolute Gasteiger partial charge is 0.239 e. The Balaban J connectivity index is 1.96. The number of rotatable bonds is 3. The molecule has 1 unspecified atom stereocenters. The molecule has 0 fully saturated rings. The highest BCUT2D eigenvalue weighted by atomic mass is 79.9. The summed E-state index contributed by atoms with van der Waals surface area (Å²) < 4.78 is 0.957. The molecule has 3 aromatic rings. The van der Waals surface area contributed by atoms with E-state index in [-0.39, 0.29) is 5.91 Å². The van der Waals surface area contributed by atoms with Gasteiger partial charge in [-0.1, -0.05) is 52.3 Å². The molecule has 1 aliphatic heterocycles. The Bertz CT molecular complexity index is 896. The number of carbonyl (C=O) groups excluding carboxylic acids is 1. The number of anilines is 1. The van der Waals surface area contributed by atoms with Crippen molar-refractivity contribution in [1.29, 1.82) is 0 Å².